The van der Waals surface area contributed by atoms with Crippen molar-refractivity contribution in [2.75, 3.05) is 0 Å². The quantitative estimate of drug-likeness (QED) is 0.684. The molecular weight excluding hydrogens is 246 g/mol. The van der Waals surface area contributed by atoms with Gasteiger partial charge in [0, 0.05) is 17.8 Å². The third-order valence-electron chi connectivity index (χ3n) is 3.90. The standard InChI is InChI=1S/C18H25NO/c1-2-3-4-5-6-7-11-18(20)17-10-8-9-15-14-19-13-12-16(15)17/h8-10,12-14,18,20H,2-7,11H2,1H3. The number of nitrogens with zero attached hydrogens (tertiary/aromatic N) is 1. The van der Waals surface area contributed by atoms with Crippen molar-refractivity contribution < 1.29 is 5.11 Å². The highest BCUT2D eigenvalue weighted by Gasteiger charge is 2.10. The molecule has 0 fully saturated rings. The zero-order valence-electron chi connectivity index (χ0n) is 12.4. The van der Waals surface area contributed by atoms with E-state index in [0.717, 1.165) is 29.2 Å². The number of hydrogen-bond donors (Lipinski definition) is 1. The second-order valence-electron chi connectivity index (χ2n) is 5.52. The van der Waals surface area contributed by atoms with E-state index in [0.29, 0.717) is 0 Å². The summed E-state index contributed by atoms with van der Waals surface area (Å²) >= 11 is 0. The van der Waals surface area contributed by atoms with E-state index in [1.54, 1.807) is 6.20 Å². The van der Waals surface area contributed by atoms with Gasteiger partial charge in [-0.25, -0.2) is 0 Å². The van der Waals surface area contributed by atoms with Crippen molar-refractivity contribution in [1.29, 1.82) is 0 Å². The number of aromatic nitrogens is 1. The van der Waals surface area contributed by atoms with E-state index < -0.39 is 0 Å². The van der Waals surface area contributed by atoms with Gasteiger partial charge in [0.15, 0.2) is 0 Å². The van der Waals surface area contributed by atoms with Crippen LogP contribution in [0.2, 0.25) is 0 Å². The minimum Gasteiger partial charge on any atom is -0.388 e. The summed E-state index contributed by atoms with van der Waals surface area (Å²) in [7, 11) is 0. The fraction of sp³-hybridized carbons (Fsp3) is 0.500. The van der Waals surface area contributed by atoms with Crippen molar-refractivity contribution in [1.82, 2.24) is 4.98 Å². The van der Waals surface area contributed by atoms with Gasteiger partial charge >= 0.3 is 0 Å². The normalized spacial score (nSPS) is 12.7. The van der Waals surface area contributed by atoms with Crippen molar-refractivity contribution >= 4 is 10.8 Å². The maximum Gasteiger partial charge on any atom is 0.0796 e. The Bertz CT molecular complexity index is 518. The molecule has 2 nitrogen and oxygen atoms in total. The van der Waals surface area contributed by atoms with Crippen molar-refractivity contribution in [2.45, 2.75) is 58.0 Å². The summed E-state index contributed by atoms with van der Waals surface area (Å²) in [5, 5.41) is 12.6. The molecule has 0 aliphatic carbocycles. The molecule has 0 aliphatic rings. The van der Waals surface area contributed by atoms with Crippen LogP contribution in [-0.4, -0.2) is 10.1 Å². The monoisotopic (exact) mass is 271 g/mol. The van der Waals surface area contributed by atoms with Crippen molar-refractivity contribution in [2.24, 2.45) is 0 Å². The maximum absolute atomic E-state index is 10.4. The second-order valence-corrected chi connectivity index (χ2v) is 5.52. The van der Waals surface area contributed by atoms with E-state index in [1.807, 2.05) is 30.5 Å². The molecule has 1 atom stereocenters. The summed E-state index contributed by atoms with van der Waals surface area (Å²) in [5.74, 6) is 0. The van der Waals surface area contributed by atoms with Crippen LogP contribution in [0.4, 0.5) is 0 Å². The van der Waals surface area contributed by atoms with Gasteiger partial charge in [0.1, 0.15) is 0 Å². The lowest BCUT2D eigenvalue weighted by Crippen LogP contribution is -1.98. The van der Waals surface area contributed by atoms with Crippen LogP contribution in [0.3, 0.4) is 0 Å². The van der Waals surface area contributed by atoms with Gasteiger partial charge in [0.2, 0.25) is 0 Å². The molecule has 2 rings (SSSR count). The Kier molecular flexibility index (Phi) is 6.00. The van der Waals surface area contributed by atoms with E-state index in [1.165, 1.54) is 32.1 Å². The molecule has 2 aromatic rings. The highest BCUT2D eigenvalue weighted by atomic mass is 16.3. The van der Waals surface area contributed by atoms with Crippen LogP contribution in [0.5, 0.6) is 0 Å². The molecular formula is C18H25NO. The second kappa shape index (κ2) is 8.01. The number of pyridine rings is 1. The highest BCUT2D eigenvalue weighted by molar-refractivity contribution is 5.85. The molecule has 0 saturated heterocycles. The third-order valence-corrected chi connectivity index (χ3v) is 3.90. The van der Waals surface area contributed by atoms with Crippen LogP contribution >= 0.6 is 0 Å². The maximum atomic E-state index is 10.4. The molecule has 2 heteroatoms. The first-order valence-electron chi connectivity index (χ1n) is 7.83. The number of aliphatic hydroxyl groups is 1. The first kappa shape index (κ1) is 15.0. The summed E-state index contributed by atoms with van der Waals surface area (Å²) in [6.07, 6.45) is 11.7. The zero-order valence-corrected chi connectivity index (χ0v) is 12.4. The lowest BCUT2D eigenvalue weighted by Gasteiger charge is -2.13. The predicted octanol–water partition coefficient (Wildman–Crippen LogP) is 5.02. The largest absolute Gasteiger partial charge is 0.388 e. The Hall–Kier alpha value is -1.41. The summed E-state index contributed by atoms with van der Waals surface area (Å²) in [6, 6.07) is 8.08. The molecule has 0 aliphatic heterocycles. The Morgan fingerprint density at radius 2 is 1.85 bits per heavy atom. The molecule has 20 heavy (non-hydrogen) atoms. The van der Waals surface area contributed by atoms with Crippen molar-refractivity contribution in [3.05, 3.63) is 42.2 Å². The molecule has 1 N–H and O–H groups in total. The van der Waals surface area contributed by atoms with E-state index in [-0.39, 0.29) is 6.10 Å². The Balaban J connectivity index is 1.89. The summed E-state index contributed by atoms with van der Waals surface area (Å²) in [5.41, 5.74) is 1.04. The van der Waals surface area contributed by atoms with Crippen LogP contribution in [0.15, 0.2) is 36.7 Å². The molecule has 0 saturated carbocycles. The fourth-order valence-electron chi connectivity index (χ4n) is 2.71. The van der Waals surface area contributed by atoms with Gasteiger partial charge in [-0.3, -0.25) is 4.98 Å². The Labute approximate surface area is 121 Å². The average molecular weight is 271 g/mol. The van der Waals surface area contributed by atoms with E-state index >= 15 is 0 Å². The van der Waals surface area contributed by atoms with Gasteiger partial charge in [0.25, 0.3) is 0 Å². The summed E-state index contributed by atoms with van der Waals surface area (Å²) < 4.78 is 0. The number of hydrogen-bond acceptors (Lipinski definition) is 2. The van der Waals surface area contributed by atoms with Crippen LogP contribution in [-0.2, 0) is 0 Å². The Morgan fingerprint density at radius 3 is 2.70 bits per heavy atom. The van der Waals surface area contributed by atoms with Gasteiger partial charge in [-0.2, -0.15) is 0 Å². The molecule has 1 aromatic heterocycles. The lowest BCUT2D eigenvalue weighted by atomic mass is 9.97. The average Bonchev–Trinajstić information content (AvgIpc) is 2.50. The molecule has 0 amide bonds. The van der Waals surface area contributed by atoms with Crippen LogP contribution in [0.25, 0.3) is 10.8 Å². The summed E-state index contributed by atoms with van der Waals surface area (Å²) in [4.78, 5) is 4.14. The topological polar surface area (TPSA) is 33.1 Å². The van der Waals surface area contributed by atoms with Crippen LogP contribution < -0.4 is 0 Å². The molecule has 0 spiro atoms. The van der Waals surface area contributed by atoms with Gasteiger partial charge < -0.3 is 5.11 Å². The van der Waals surface area contributed by atoms with Gasteiger partial charge in [0.05, 0.1) is 6.10 Å². The van der Waals surface area contributed by atoms with Crippen LogP contribution in [0, 0.1) is 0 Å². The van der Waals surface area contributed by atoms with Gasteiger partial charge in [-0.15, -0.1) is 0 Å². The van der Waals surface area contributed by atoms with E-state index in [2.05, 4.69) is 11.9 Å². The number of benzene rings is 1. The minimum absolute atomic E-state index is 0.354. The number of aliphatic hydroxyl groups excluding tert-OH is 1. The first-order chi connectivity index (χ1) is 9.83. The highest BCUT2D eigenvalue weighted by Crippen LogP contribution is 2.27. The van der Waals surface area contributed by atoms with Gasteiger partial charge in [-0.1, -0.05) is 63.6 Å². The summed E-state index contributed by atoms with van der Waals surface area (Å²) in [6.45, 7) is 2.24. The predicted molar refractivity (Wildman–Crippen MR) is 84.7 cm³/mol. The third kappa shape index (κ3) is 4.04. The van der Waals surface area contributed by atoms with E-state index in [4.69, 9.17) is 0 Å². The molecule has 108 valence electrons. The zero-order chi connectivity index (χ0) is 14.2. The number of rotatable bonds is 8. The van der Waals surface area contributed by atoms with Gasteiger partial charge in [-0.05, 0) is 23.4 Å². The molecule has 0 bridgehead atoms. The van der Waals surface area contributed by atoms with Crippen molar-refractivity contribution in [3.8, 4) is 0 Å². The minimum atomic E-state index is -0.354. The van der Waals surface area contributed by atoms with Crippen LogP contribution in [0.1, 0.15) is 63.5 Å². The molecule has 1 unspecified atom stereocenters. The number of unbranched alkanes of at least 4 members (excludes halogenated alkanes) is 5. The molecule has 1 heterocycles. The smallest absolute Gasteiger partial charge is 0.0796 e. The van der Waals surface area contributed by atoms with Crippen molar-refractivity contribution in [3.63, 3.8) is 0 Å². The molecule has 0 radical (unpaired) electrons. The fourth-order valence-corrected chi connectivity index (χ4v) is 2.71. The number of fused-ring (bicyclic) bond motifs is 1. The lowest BCUT2D eigenvalue weighted by molar-refractivity contribution is 0.165. The Morgan fingerprint density at radius 1 is 1.05 bits per heavy atom. The first-order valence-corrected chi connectivity index (χ1v) is 7.83. The van der Waals surface area contributed by atoms with E-state index in [9.17, 15) is 5.11 Å². The SMILES string of the molecule is CCCCCCCCC(O)c1cccc2cnccc12. The molecule has 1 aromatic carbocycles.